The van der Waals surface area contributed by atoms with Crippen molar-refractivity contribution >= 4 is 12.2 Å². The summed E-state index contributed by atoms with van der Waals surface area (Å²) < 4.78 is 5.29. The zero-order valence-electron chi connectivity index (χ0n) is 15.5. The second kappa shape index (κ2) is 6.69. The summed E-state index contributed by atoms with van der Waals surface area (Å²) in [5, 5.41) is 4.89. The van der Waals surface area contributed by atoms with E-state index in [0.29, 0.717) is 17.9 Å². The summed E-state index contributed by atoms with van der Waals surface area (Å²) in [6.45, 7) is 6.13. The molecule has 0 unspecified atom stereocenters. The van der Waals surface area contributed by atoms with Gasteiger partial charge in [-0.05, 0) is 62.0 Å². The first-order valence-corrected chi connectivity index (χ1v) is 9.90. The fourth-order valence-electron chi connectivity index (χ4n) is 3.42. The van der Waals surface area contributed by atoms with Gasteiger partial charge in [-0.25, -0.2) is 4.68 Å². The molecule has 2 saturated carbocycles. The summed E-state index contributed by atoms with van der Waals surface area (Å²) in [6, 6.07) is 9.58. The van der Waals surface area contributed by atoms with Crippen LogP contribution in [0.15, 0.2) is 24.3 Å². The van der Waals surface area contributed by atoms with Crippen molar-refractivity contribution in [3.05, 3.63) is 46.0 Å². The Morgan fingerprint density at radius 1 is 1.16 bits per heavy atom. The molecule has 0 radical (unpaired) electrons. The predicted octanol–water partition coefficient (Wildman–Crippen LogP) is 4.84. The lowest BCUT2D eigenvalue weighted by atomic mass is 10.0. The first-order valence-electron chi connectivity index (χ1n) is 9.49. The minimum Gasteiger partial charge on any atom is -0.301 e. The van der Waals surface area contributed by atoms with Gasteiger partial charge in [0.2, 0.25) is 0 Å². The molecule has 0 spiro atoms. The molecule has 0 atom stereocenters. The first-order chi connectivity index (χ1) is 12.0. The molecule has 0 amide bonds. The molecule has 1 aromatic carbocycles. The normalized spacial score (nSPS) is 17.6. The van der Waals surface area contributed by atoms with Crippen molar-refractivity contribution in [3.8, 4) is 0 Å². The second-order valence-corrected chi connectivity index (χ2v) is 8.43. The van der Waals surface area contributed by atoms with Gasteiger partial charge in [-0.2, -0.15) is 5.10 Å². The van der Waals surface area contributed by atoms with Gasteiger partial charge in [-0.3, -0.25) is 4.90 Å². The molecule has 5 heteroatoms. The molecule has 0 N–H and O–H groups in total. The Hall–Kier alpha value is -1.46. The average molecular weight is 357 g/mol. The summed E-state index contributed by atoms with van der Waals surface area (Å²) in [5.74, 6) is 2.47. The monoisotopic (exact) mass is 356 g/mol. The lowest BCUT2D eigenvalue weighted by Crippen LogP contribution is -2.22. The van der Waals surface area contributed by atoms with Crippen molar-refractivity contribution < 1.29 is 0 Å². The van der Waals surface area contributed by atoms with E-state index in [0.717, 1.165) is 18.0 Å². The zero-order valence-corrected chi connectivity index (χ0v) is 16.3. The smallest absolute Gasteiger partial charge is 0.199 e. The summed E-state index contributed by atoms with van der Waals surface area (Å²) in [5.41, 5.74) is 2.73. The highest BCUT2D eigenvalue weighted by Gasteiger charge is 2.35. The molecule has 134 valence electrons. The summed E-state index contributed by atoms with van der Waals surface area (Å²) >= 11 is 5.74. The third-order valence-corrected chi connectivity index (χ3v) is 5.63. The van der Waals surface area contributed by atoms with Crippen LogP contribution in [-0.4, -0.2) is 26.3 Å². The van der Waals surface area contributed by atoms with E-state index >= 15 is 0 Å². The molecule has 0 saturated heterocycles. The van der Waals surface area contributed by atoms with Gasteiger partial charge < -0.3 is 4.57 Å². The largest absolute Gasteiger partial charge is 0.301 e. The van der Waals surface area contributed by atoms with Gasteiger partial charge in [0.1, 0.15) is 5.82 Å². The molecular formula is C20H28N4S. The van der Waals surface area contributed by atoms with Gasteiger partial charge >= 0.3 is 0 Å². The molecule has 1 aromatic heterocycles. The van der Waals surface area contributed by atoms with Crippen LogP contribution in [0.2, 0.25) is 0 Å². The minimum atomic E-state index is 0.581. The van der Waals surface area contributed by atoms with Crippen LogP contribution in [0, 0.1) is 4.77 Å². The predicted molar refractivity (Wildman–Crippen MR) is 103 cm³/mol. The lowest BCUT2D eigenvalue weighted by molar-refractivity contribution is 0.243. The lowest BCUT2D eigenvalue weighted by Gasteiger charge is -2.17. The Morgan fingerprint density at radius 3 is 2.40 bits per heavy atom. The third kappa shape index (κ3) is 3.72. The van der Waals surface area contributed by atoms with Gasteiger partial charge in [0.05, 0.1) is 6.67 Å². The highest BCUT2D eigenvalue weighted by molar-refractivity contribution is 7.71. The maximum atomic E-state index is 5.74. The van der Waals surface area contributed by atoms with Gasteiger partial charge in [0.25, 0.3) is 0 Å². The van der Waals surface area contributed by atoms with Gasteiger partial charge in [0.15, 0.2) is 4.77 Å². The van der Waals surface area contributed by atoms with Crippen molar-refractivity contribution in [3.63, 3.8) is 0 Å². The van der Waals surface area contributed by atoms with Crippen LogP contribution in [0.5, 0.6) is 0 Å². The molecule has 2 aliphatic carbocycles. The Labute approximate surface area is 155 Å². The third-order valence-electron chi connectivity index (χ3n) is 5.23. The van der Waals surface area contributed by atoms with Gasteiger partial charge in [-0.15, -0.1) is 0 Å². The van der Waals surface area contributed by atoms with Crippen LogP contribution in [0.25, 0.3) is 0 Å². The summed E-state index contributed by atoms with van der Waals surface area (Å²) in [4.78, 5) is 2.29. The average Bonchev–Trinajstić information content (AvgIpc) is 3.48. The Balaban J connectivity index is 1.46. The van der Waals surface area contributed by atoms with Crippen LogP contribution >= 0.6 is 12.2 Å². The maximum absolute atomic E-state index is 5.74. The van der Waals surface area contributed by atoms with E-state index in [1.807, 2.05) is 4.68 Å². The SMILES string of the molecule is CC(C)c1ccc(CN(C)Cn2nc(C3CC3)n(C3CC3)c2=S)cc1. The molecule has 25 heavy (non-hydrogen) atoms. The van der Waals surface area contributed by atoms with E-state index in [1.165, 1.54) is 42.6 Å². The molecule has 1 heterocycles. The molecular weight excluding hydrogens is 328 g/mol. The molecule has 0 bridgehead atoms. The highest BCUT2D eigenvalue weighted by Crippen LogP contribution is 2.44. The Bertz CT molecular complexity index is 794. The van der Waals surface area contributed by atoms with Crippen molar-refractivity contribution in [1.29, 1.82) is 0 Å². The molecule has 4 rings (SSSR count). The number of aromatic nitrogens is 3. The van der Waals surface area contributed by atoms with E-state index < -0.39 is 0 Å². The van der Waals surface area contributed by atoms with Crippen LogP contribution in [-0.2, 0) is 13.2 Å². The quantitative estimate of drug-likeness (QED) is 0.664. The van der Waals surface area contributed by atoms with Crippen molar-refractivity contribution in [2.45, 2.75) is 70.6 Å². The van der Waals surface area contributed by atoms with E-state index in [-0.39, 0.29) is 0 Å². The van der Waals surface area contributed by atoms with Crippen LogP contribution in [0.3, 0.4) is 0 Å². The molecule has 2 fully saturated rings. The zero-order chi connectivity index (χ0) is 17.6. The fraction of sp³-hybridized carbons (Fsp3) is 0.600. The van der Waals surface area contributed by atoms with Crippen LogP contribution < -0.4 is 0 Å². The van der Waals surface area contributed by atoms with Crippen molar-refractivity contribution in [1.82, 2.24) is 19.2 Å². The van der Waals surface area contributed by atoms with E-state index in [2.05, 4.69) is 54.6 Å². The first kappa shape index (κ1) is 17.0. The van der Waals surface area contributed by atoms with Crippen molar-refractivity contribution in [2.24, 2.45) is 0 Å². The topological polar surface area (TPSA) is 26.0 Å². The Morgan fingerprint density at radius 2 is 1.84 bits per heavy atom. The van der Waals surface area contributed by atoms with Crippen molar-refractivity contribution in [2.75, 3.05) is 7.05 Å². The van der Waals surface area contributed by atoms with Gasteiger partial charge in [0, 0.05) is 18.5 Å². The molecule has 2 aromatic rings. The standard InChI is InChI=1S/C20H28N4S/c1-14(2)16-6-4-15(5-7-16)12-22(3)13-23-20(25)24(18-10-11-18)19(21-23)17-8-9-17/h4-7,14,17-18H,8-13H2,1-3H3. The number of rotatable bonds is 7. The van der Waals surface area contributed by atoms with E-state index in [1.54, 1.807) is 0 Å². The second-order valence-electron chi connectivity index (χ2n) is 8.07. The van der Waals surface area contributed by atoms with E-state index in [4.69, 9.17) is 17.3 Å². The molecule has 2 aliphatic rings. The van der Waals surface area contributed by atoms with Crippen LogP contribution in [0.1, 0.15) is 74.4 Å². The number of benzene rings is 1. The van der Waals surface area contributed by atoms with E-state index in [9.17, 15) is 0 Å². The number of hydrogen-bond acceptors (Lipinski definition) is 3. The maximum Gasteiger partial charge on any atom is 0.199 e. The highest BCUT2D eigenvalue weighted by atomic mass is 32.1. The number of hydrogen-bond donors (Lipinski definition) is 0. The minimum absolute atomic E-state index is 0.581. The molecule has 4 nitrogen and oxygen atoms in total. The summed E-state index contributed by atoms with van der Waals surface area (Å²) in [7, 11) is 2.14. The Kier molecular flexibility index (Phi) is 4.54. The van der Waals surface area contributed by atoms with Crippen LogP contribution in [0.4, 0.5) is 0 Å². The molecule has 0 aliphatic heterocycles. The number of nitrogens with zero attached hydrogens (tertiary/aromatic N) is 4. The fourth-order valence-corrected chi connectivity index (χ4v) is 3.76. The summed E-state index contributed by atoms with van der Waals surface area (Å²) in [6.07, 6.45) is 5.07. The van der Waals surface area contributed by atoms with Gasteiger partial charge in [-0.1, -0.05) is 38.1 Å².